The number of methoxy groups -OCH3 is 1. The highest BCUT2D eigenvalue weighted by molar-refractivity contribution is 7.00. The van der Waals surface area contributed by atoms with Gasteiger partial charge in [0.05, 0.1) is 35.6 Å². The molecule has 1 unspecified atom stereocenters. The van der Waals surface area contributed by atoms with Crippen LogP contribution in [0, 0.1) is 0 Å². The monoisotopic (exact) mass is 314 g/mol. The van der Waals surface area contributed by atoms with Crippen molar-refractivity contribution in [2.24, 2.45) is 0 Å². The molecule has 0 aliphatic heterocycles. The number of benzene rings is 1. The average Bonchev–Trinajstić information content (AvgIpc) is 2.86. The second-order valence-electron chi connectivity index (χ2n) is 4.33. The summed E-state index contributed by atoms with van der Waals surface area (Å²) in [4.78, 5) is 11.8. The Morgan fingerprint density at radius 1 is 1.50 bits per heavy atom. The van der Waals surface area contributed by atoms with E-state index in [4.69, 9.17) is 16.3 Å². The number of nitrogens with zero attached hydrogens (tertiary/aromatic N) is 2. The number of amides is 1. The molecule has 0 aliphatic carbocycles. The van der Waals surface area contributed by atoms with Crippen molar-refractivity contribution >= 4 is 46.0 Å². The van der Waals surface area contributed by atoms with Gasteiger partial charge in [-0.25, -0.2) is 0 Å². The van der Waals surface area contributed by atoms with Gasteiger partial charge in [-0.3, -0.25) is 4.79 Å². The number of hydrogen-bond donors (Lipinski definition) is 2. The SMILES string of the molecule is COCC(C)NC(=O)CNc1c(Cl)ccc2nsnc12. The van der Waals surface area contributed by atoms with Crippen LogP contribution in [0.25, 0.3) is 11.0 Å². The molecule has 1 amide bonds. The van der Waals surface area contributed by atoms with Crippen molar-refractivity contribution in [2.75, 3.05) is 25.6 Å². The van der Waals surface area contributed by atoms with E-state index in [1.807, 2.05) is 6.92 Å². The van der Waals surface area contributed by atoms with Gasteiger partial charge in [0.15, 0.2) is 0 Å². The van der Waals surface area contributed by atoms with Crippen LogP contribution in [0.1, 0.15) is 6.92 Å². The quantitative estimate of drug-likeness (QED) is 0.852. The van der Waals surface area contributed by atoms with Crippen molar-refractivity contribution in [3.63, 3.8) is 0 Å². The van der Waals surface area contributed by atoms with Crippen molar-refractivity contribution in [1.29, 1.82) is 0 Å². The summed E-state index contributed by atoms with van der Waals surface area (Å²) in [5.41, 5.74) is 2.07. The highest BCUT2D eigenvalue weighted by atomic mass is 35.5. The Bertz CT molecular complexity index is 604. The predicted molar refractivity (Wildman–Crippen MR) is 80.4 cm³/mol. The molecule has 1 aromatic carbocycles. The van der Waals surface area contributed by atoms with Crippen molar-refractivity contribution in [3.8, 4) is 0 Å². The first-order valence-electron chi connectivity index (χ1n) is 6.04. The Labute approximate surface area is 125 Å². The molecule has 108 valence electrons. The van der Waals surface area contributed by atoms with Crippen molar-refractivity contribution in [1.82, 2.24) is 14.1 Å². The number of carbonyl (C=O) groups is 1. The number of nitrogens with one attached hydrogen (secondary N) is 2. The zero-order valence-corrected chi connectivity index (χ0v) is 12.7. The second kappa shape index (κ2) is 6.83. The molecule has 1 heterocycles. The minimum Gasteiger partial charge on any atom is -0.383 e. The molecule has 0 bridgehead atoms. The number of aromatic nitrogens is 2. The molecule has 6 nitrogen and oxygen atoms in total. The zero-order valence-electron chi connectivity index (χ0n) is 11.1. The Balaban J connectivity index is 2.00. The van der Waals surface area contributed by atoms with E-state index in [0.29, 0.717) is 22.8 Å². The van der Waals surface area contributed by atoms with E-state index >= 15 is 0 Å². The van der Waals surface area contributed by atoms with Gasteiger partial charge in [0.25, 0.3) is 0 Å². The topological polar surface area (TPSA) is 76.1 Å². The summed E-state index contributed by atoms with van der Waals surface area (Å²) in [5, 5.41) is 6.33. The molecule has 8 heteroatoms. The lowest BCUT2D eigenvalue weighted by molar-refractivity contribution is -0.120. The molecule has 1 atom stereocenters. The maximum atomic E-state index is 11.8. The molecule has 2 N–H and O–H groups in total. The molecule has 20 heavy (non-hydrogen) atoms. The van der Waals surface area contributed by atoms with Gasteiger partial charge in [-0.1, -0.05) is 11.6 Å². The van der Waals surface area contributed by atoms with Crippen LogP contribution in [0.4, 0.5) is 5.69 Å². The Morgan fingerprint density at radius 3 is 3.05 bits per heavy atom. The van der Waals surface area contributed by atoms with Crippen LogP contribution in [0.5, 0.6) is 0 Å². The molecule has 0 radical (unpaired) electrons. The fourth-order valence-electron chi connectivity index (χ4n) is 1.78. The smallest absolute Gasteiger partial charge is 0.239 e. The average molecular weight is 315 g/mol. The van der Waals surface area contributed by atoms with Crippen molar-refractivity contribution in [3.05, 3.63) is 17.2 Å². The summed E-state index contributed by atoms with van der Waals surface area (Å²) < 4.78 is 13.3. The lowest BCUT2D eigenvalue weighted by atomic mass is 10.2. The molecule has 0 spiro atoms. The van der Waals surface area contributed by atoms with Crippen LogP contribution < -0.4 is 10.6 Å². The highest BCUT2D eigenvalue weighted by Crippen LogP contribution is 2.29. The van der Waals surface area contributed by atoms with E-state index in [1.165, 1.54) is 0 Å². The minimum atomic E-state index is -0.134. The third-order valence-corrected chi connectivity index (χ3v) is 3.48. The molecule has 0 fully saturated rings. The number of rotatable bonds is 6. The van der Waals surface area contributed by atoms with Gasteiger partial charge in [-0.15, -0.1) is 0 Å². The van der Waals surface area contributed by atoms with E-state index in [0.717, 1.165) is 17.2 Å². The number of halogens is 1. The number of fused-ring (bicyclic) bond motifs is 1. The van der Waals surface area contributed by atoms with Crippen LogP contribution in [-0.4, -0.2) is 41.0 Å². The standard InChI is InChI=1S/C12H15ClN4O2S/c1-7(6-19-2)15-10(18)5-14-11-8(13)3-4-9-12(11)17-20-16-9/h3-4,7,14H,5-6H2,1-2H3,(H,15,18). The number of anilines is 1. The van der Waals surface area contributed by atoms with Gasteiger partial charge in [0.2, 0.25) is 5.91 Å². The molecule has 2 aromatic rings. The minimum absolute atomic E-state index is 0.0403. The fourth-order valence-corrected chi connectivity index (χ4v) is 2.54. The van der Waals surface area contributed by atoms with Crippen molar-refractivity contribution in [2.45, 2.75) is 13.0 Å². The zero-order chi connectivity index (χ0) is 14.5. The largest absolute Gasteiger partial charge is 0.383 e. The van der Waals surface area contributed by atoms with E-state index < -0.39 is 0 Å². The molecular formula is C12H15ClN4O2S. The molecule has 0 saturated heterocycles. The summed E-state index contributed by atoms with van der Waals surface area (Å²) in [6.45, 7) is 2.46. The Kier molecular flexibility index (Phi) is 5.11. The molecule has 0 aliphatic rings. The van der Waals surface area contributed by atoms with E-state index in [2.05, 4.69) is 19.4 Å². The third-order valence-electron chi connectivity index (χ3n) is 2.63. The lowest BCUT2D eigenvalue weighted by Gasteiger charge is -2.14. The van der Waals surface area contributed by atoms with Crippen LogP contribution in [0.15, 0.2) is 12.1 Å². The van der Waals surface area contributed by atoms with Crippen LogP contribution >= 0.6 is 23.3 Å². The molecule has 0 saturated carbocycles. The first-order chi connectivity index (χ1) is 9.61. The fraction of sp³-hybridized carbons (Fsp3) is 0.417. The summed E-state index contributed by atoms with van der Waals surface area (Å²) in [5.74, 6) is -0.134. The first kappa shape index (κ1) is 15.0. The van der Waals surface area contributed by atoms with Crippen LogP contribution in [0.2, 0.25) is 5.02 Å². The van der Waals surface area contributed by atoms with Gasteiger partial charge in [-0.05, 0) is 19.1 Å². The summed E-state index contributed by atoms with van der Waals surface area (Å²) in [6, 6.07) is 3.49. The second-order valence-corrected chi connectivity index (χ2v) is 5.27. The number of carbonyl (C=O) groups excluding carboxylic acids is 1. The predicted octanol–water partition coefficient (Wildman–Crippen LogP) is 1.91. The summed E-state index contributed by atoms with van der Waals surface area (Å²) in [7, 11) is 1.59. The van der Waals surface area contributed by atoms with Gasteiger partial charge < -0.3 is 15.4 Å². The maximum Gasteiger partial charge on any atom is 0.239 e. The maximum absolute atomic E-state index is 11.8. The number of ether oxygens (including phenoxy) is 1. The van der Waals surface area contributed by atoms with Gasteiger partial charge in [0, 0.05) is 13.2 Å². The van der Waals surface area contributed by atoms with E-state index in [1.54, 1.807) is 19.2 Å². The molecule has 2 rings (SSSR count). The Hall–Kier alpha value is -1.44. The number of hydrogen-bond acceptors (Lipinski definition) is 6. The van der Waals surface area contributed by atoms with Crippen LogP contribution in [-0.2, 0) is 9.53 Å². The van der Waals surface area contributed by atoms with Gasteiger partial charge in [-0.2, -0.15) is 8.75 Å². The first-order valence-corrected chi connectivity index (χ1v) is 7.15. The van der Waals surface area contributed by atoms with Gasteiger partial charge in [0.1, 0.15) is 11.0 Å². The molecule has 1 aromatic heterocycles. The van der Waals surface area contributed by atoms with Crippen molar-refractivity contribution < 1.29 is 9.53 Å². The van der Waals surface area contributed by atoms with E-state index in [-0.39, 0.29) is 18.5 Å². The third kappa shape index (κ3) is 3.56. The summed E-state index contributed by atoms with van der Waals surface area (Å²) >= 11 is 7.23. The van der Waals surface area contributed by atoms with Crippen LogP contribution in [0.3, 0.4) is 0 Å². The summed E-state index contributed by atoms with van der Waals surface area (Å²) in [6.07, 6.45) is 0. The van der Waals surface area contributed by atoms with Gasteiger partial charge >= 0.3 is 0 Å². The molecular weight excluding hydrogens is 300 g/mol. The normalized spacial score (nSPS) is 12.3. The lowest BCUT2D eigenvalue weighted by Crippen LogP contribution is -2.39. The van der Waals surface area contributed by atoms with E-state index in [9.17, 15) is 4.79 Å². The highest BCUT2D eigenvalue weighted by Gasteiger charge is 2.12. The Morgan fingerprint density at radius 2 is 2.30 bits per heavy atom.